The fraction of sp³-hybridized carbons (Fsp3) is 0.280. The molecule has 172 valence electrons. The minimum Gasteiger partial charge on any atom is -0.422 e. The molecule has 0 atom stereocenters. The molecule has 8 heteroatoms. The quantitative estimate of drug-likeness (QED) is 0.169. The van der Waals surface area contributed by atoms with E-state index >= 15 is 0 Å². The fourth-order valence-corrected chi connectivity index (χ4v) is 4.28. The first-order chi connectivity index (χ1) is 15.8. The number of fused-ring (bicyclic) bond motifs is 1. The maximum absolute atomic E-state index is 12.5. The number of aromatic nitrogens is 1. The number of hydrogen-bond donors (Lipinski definition) is 1. The van der Waals surface area contributed by atoms with E-state index in [1.807, 2.05) is 18.2 Å². The fourth-order valence-electron chi connectivity index (χ4n) is 3.58. The Kier molecular flexibility index (Phi) is 7.69. The van der Waals surface area contributed by atoms with Gasteiger partial charge in [-0.25, -0.2) is 9.36 Å². The Hall–Kier alpha value is -3.41. The van der Waals surface area contributed by atoms with E-state index in [2.05, 4.69) is 24.7 Å². The van der Waals surface area contributed by atoms with Crippen LogP contribution < -0.4 is 15.1 Å². The predicted molar refractivity (Wildman–Crippen MR) is 129 cm³/mol. The van der Waals surface area contributed by atoms with E-state index < -0.39 is 15.7 Å². The molecule has 0 radical (unpaired) electrons. The van der Waals surface area contributed by atoms with Gasteiger partial charge in [-0.05, 0) is 38.1 Å². The van der Waals surface area contributed by atoms with Crippen molar-refractivity contribution in [3.05, 3.63) is 64.3 Å². The van der Waals surface area contributed by atoms with Crippen molar-refractivity contribution in [2.75, 3.05) is 18.0 Å². The Morgan fingerprint density at radius 2 is 1.88 bits per heavy atom. The topological polar surface area (TPSA) is 91.7 Å². The second-order valence-corrected chi connectivity index (χ2v) is 8.89. The van der Waals surface area contributed by atoms with Crippen LogP contribution in [-0.4, -0.2) is 26.1 Å². The third-order valence-corrected chi connectivity index (χ3v) is 6.24. The Bertz CT molecular complexity index is 1380. The van der Waals surface area contributed by atoms with Crippen LogP contribution >= 0.6 is 0 Å². The molecule has 3 aromatic rings. The molecule has 1 N–H and O–H groups in total. The lowest BCUT2D eigenvalue weighted by molar-refractivity contribution is -0.699. The van der Waals surface area contributed by atoms with E-state index in [1.165, 1.54) is 18.3 Å². The van der Waals surface area contributed by atoms with Gasteiger partial charge < -0.3 is 9.32 Å². The van der Waals surface area contributed by atoms with Gasteiger partial charge in [0.25, 0.3) is 0 Å². The van der Waals surface area contributed by atoms with Gasteiger partial charge in [-0.3, -0.25) is 4.55 Å². The molecule has 0 aliphatic rings. The summed E-state index contributed by atoms with van der Waals surface area (Å²) in [6.45, 7) is 6.30. The average Bonchev–Trinajstić information content (AvgIpc) is 2.78. The summed E-state index contributed by atoms with van der Waals surface area (Å²) in [7, 11) is -4.47. The zero-order chi connectivity index (χ0) is 24.0. The lowest BCUT2D eigenvalue weighted by Crippen LogP contribution is -2.34. The summed E-state index contributed by atoms with van der Waals surface area (Å²) in [5, 5.41) is 0.750. The van der Waals surface area contributed by atoms with Gasteiger partial charge in [-0.1, -0.05) is 6.08 Å². The molecule has 1 aromatic carbocycles. The van der Waals surface area contributed by atoms with Gasteiger partial charge in [0, 0.05) is 54.7 Å². The molecule has 2 aromatic heterocycles. The number of anilines is 1. The van der Waals surface area contributed by atoms with Gasteiger partial charge in [0.05, 0.1) is 5.56 Å². The second kappa shape index (κ2) is 10.5. The number of rotatable bonds is 9. The van der Waals surface area contributed by atoms with Crippen molar-refractivity contribution >= 4 is 38.9 Å². The summed E-state index contributed by atoms with van der Waals surface area (Å²) in [5.41, 5.74) is 1.43. The van der Waals surface area contributed by atoms with Gasteiger partial charge >= 0.3 is 15.7 Å². The number of hydrogen-bond acceptors (Lipinski definition) is 5. The Labute approximate surface area is 193 Å². The molecule has 0 unspecified atom stereocenters. The number of pyridine rings is 1. The molecule has 2 heterocycles. The minimum atomic E-state index is -4.47. The van der Waals surface area contributed by atoms with Crippen molar-refractivity contribution in [2.45, 2.75) is 38.1 Å². The normalized spacial score (nSPS) is 11.7. The summed E-state index contributed by atoms with van der Waals surface area (Å²) >= 11 is 0. The van der Waals surface area contributed by atoms with Gasteiger partial charge in [0.15, 0.2) is 17.3 Å². The molecule has 0 aliphatic heterocycles. The van der Waals surface area contributed by atoms with Crippen LogP contribution in [0.15, 0.2) is 56.8 Å². The summed E-state index contributed by atoms with van der Waals surface area (Å²) in [5.74, 6) is 2.53. The lowest BCUT2D eigenvalue weighted by atomic mass is 10.1. The number of unbranched alkanes of at least 4 members (excludes halogenated alkanes) is 1. The third kappa shape index (κ3) is 5.89. The summed E-state index contributed by atoms with van der Waals surface area (Å²) in [6.07, 6.45) is 12.5. The van der Waals surface area contributed by atoms with E-state index in [4.69, 9.17) is 10.8 Å². The molecular formula is C25H27N2O5S+. The smallest absolute Gasteiger partial charge is 0.343 e. The Morgan fingerprint density at radius 1 is 1.15 bits per heavy atom. The maximum atomic E-state index is 12.5. The largest absolute Gasteiger partial charge is 0.422 e. The predicted octanol–water partition coefficient (Wildman–Crippen LogP) is 3.76. The molecule has 0 amide bonds. The standard InChI is InChI=1S/C25H26N2O5S/c1-4-7-8-14-26-15-13-19(24(18-26)33(29,30)31)9-10-21-16-20-11-12-22(27(5-2)6-3)17-23(20)32-25(21)28/h1,9-13,15-18H,5-8,14H2,2-3H3/p+1. The molecule has 7 nitrogen and oxygen atoms in total. The first kappa shape index (κ1) is 24.2. The van der Waals surface area contributed by atoms with Crippen molar-refractivity contribution in [3.63, 3.8) is 0 Å². The minimum absolute atomic E-state index is 0.252. The lowest BCUT2D eigenvalue weighted by Gasteiger charge is -2.20. The van der Waals surface area contributed by atoms with E-state index in [0.717, 1.165) is 24.2 Å². The van der Waals surface area contributed by atoms with Gasteiger partial charge in [-0.2, -0.15) is 8.42 Å². The van der Waals surface area contributed by atoms with Gasteiger partial charge in [0.1, 0.15) is 12.1 Å². The number of nitrogens with zero attached hydrogens (tertiary/aromatic N) is 2. The molecule has 0 saturated carbocycles. The third-order valence-electron chi connectivity index (χ3n) is 5.35. The second-order valence-electron chi connectivity index (χ2n) is 7.50. The highest BCUT2D eigenvalue weighted by molar-refractivity contribution is 7.85. The van der Waals surface area contributed by atoms with Crippen molar-refractivity contribution in [2.24, 2.45) is 0 Å². The highest BCUT2D eigenvalue weighted by atomic mass is 32.2. The molecule has 3 rings (SSSR count). The van der Waals surface area contributed by atoms with Crippen molar-refractivity contribution < 1.29 is 22.0 Å². The summed E-state index contributed by atoms with van der Waals surface area (Å²) in [4.78, 5) is 14.4. The first-order valence-corrected chi connectivity index (χ1v) is 12.2. The van der Waals surface area contributed by atoms with Crippen LogP contribution in [0.4, 0.5) is 5.69 Å². The number of benzene rings is 1. The van der Waals surface area contributed by atoms with Crippen LogP contribution in [0.5, 0.6) is 0 Å². The highest BCUT2D eigenvalue weighted by Gasteiger charge is 2.19. The van der Waals surface area contributed by atoms with Crippen LogP contribution in [0.1, 0.15) is 37.8 Å². The molecular weight excluding hydrogens is 440 g/mol. The van der Waals surface area contributed by atoms with Crippen LogP contribution in [0.3, 0.4) is 0 Å². The SMILES string of the molecule is C#CCCC[n+]1ccc(/C=C/c2cc3ccc(N(CC)CC)cc3oc2=O)c(S(=O)(=O)O)c1. The summed E-state index contributed by atoms with van der Waals surface area (Å²) < 4.78 is 40.7. The van der Waals surface area contributed by atoms with E-state index in [1.54, 1.807) is 22.9 Å². The average molecular weight is 468 g/mol. The van der Waals surface area contributed by atoms with E-state index in [0.29, 0.717) is 25.0 Å². The Morgan fingerprint density at radius 3 is 2.55 bits per heavy atom. The van der Waals surface area contributed by atoms with Gasteiger partial charge in [-0.15, -0.1) is 12.3 Å². The molecule has 0 bridgehead atoms. The zero-order valence-corrected chi connectivity index (χ0v) is 19.5. The molecule has 0 fully saturated rings. The van der Waals surface area contributed by atoms with E-state index in [9.17, 15) is 17.8 Å². The van der Waals surface area contributed by atoms with Crippen LogP contribution in [0.25, 0.3) is 23.1 Å². The molecule has 33 heavy (non-hydrogen) atoms. The maximum Gasteiger partial charge on any atom is 0.343 e. The molecule has 0 spiro atoms. The van der Waals surface area contributed by atoms with E-state index in [-0.39, 0.29) is 16.0 Å². The zero-order valence-electron chi connectivity index (χ0n) is 18.7. The monoisotopic (exact) mass is 467 g/mol. The van der Waals surface area contributed by atoms with Crippen molar-refractivity contribution in [1.29, 1.82) is 0 Å². The van der Waals surface area contributed by atoms with Crippen LogP contribution in [0.2, 0.25) is 0 Å². The van der Waals surface area contributed by atoms with Crippen molar-refractivity contribution in [1.82, 2.24) is 0 Å². The first-order valence-electron chi connectivity index (χ1n) is 10.7. The molecule has 0 saturated heterocycles. The van der Waals surface area contributed by atoms with Crippen LogP contribution in [0, 0.1) is 12.3 Å². The Balaban J connectivity index is 1.96. The number of terminal acetylenes is 1. The highest BCUT2D eigenvalue weighted by Crippen LogP contribution is 2.23. The van der Waals surface area contributed by atoms with Crippen molar-refractivity contribution in [3.8, 4) is 12.3 Å². The number of aryl methyl sites for hydroxylation is 1. The molecule has 0 aliphatic carbocycles. The van der Waals surface area contributed by atoms with Crippen LogP contribution in [-0.2, 0) is 16.7 Å². The summed E-state index contributed by atoms with van der Waals surface area (Å²) in [6, 6.07) is 8.95. The van der Waals surface area contributed by atoms with Gasteiger partial charge in [0.2, 0.25) is 0 Å².